The first-order chi connectivity index (χ1) is 7.70. The second-order valence-corrected chi connectivity index (χ2v) is 3.45. The van der Waals surface area contributed by atoms with E-state index in [1.54, 1.807) is 0 Å². The Morgan fingerprint density at radius 2 is 2.19 bits per heavy atom. The molecule has 0 saturated carbocycles. The lowest BCUT2D eigenvalue weighted by atomic mass is 10.5. The van der Waals surface area contributed by atoms with Crippen LogP contribution >= 0.6 is 11.6 Å². The van der Waals surface area contributed by atoms with Crippen LogP contribution in [0.2, 0.25) is 5.15 Å². The number of nitrogens with zero attached hydrogens (tertiary/aromatic N) is 4. The number of halogens is 1. The Hall–Kier alpha value is -1.69. The molecule has 0 radical (unpaired) electrons. The first-order valence-electron chi connectivity index (χ1n) is 4.73. The van der Waals surface area contributed by atoms with Crippen molar-refractivity contribution < 1.29 is 4.42 Å². The zero-order valence-electron chi connectivity index (χ0n) is 8.55. The van der Waals surface area contributed by atoms with Crippen molar-refractivity contribution in [3.8, 4) is 0 Å². The van der Waals surface area contributed by atoms with Gasteiger partial charge in [-0.05, 0) is 0 Å². The second-order valence-electron chi connectivity index (χ2n) is 3.09. The maximum atomic E-state index is 11.5. The van der Waals surface area contributed by atoms with Crippen LogP contribution in [0.4, 0.5) is 0 Å². The van der Waals surface area contributed by atoms with Crippen molar-refractivity contribution in [2.45, 2.75) is 19.9 Å². The highest BCUT2D eigenvalue weighted by molar-refractivity contribution is 6.29. The summed E-state index contributed by atoms with van der Waals surface area (Å²) in [6.07, 6.45) is 3.63. The maximum absolute atomic E-state index is 11.5. The fourth-order valence-electron chi connectivity index (χ4n) is 1.19. The minimum absolute atomic E-state index is 0.0715. The summed E-state index contributed by atoms with van der Waals surface area (Å²) in [4.78, 5) is 15.2. The molecule has 0 saturated heterocycles. The molecule has 2 aromatic heterocycles. The molecular formula is C9H9ClN4O2. The van der Waals surface area contributed by atoms with Crippen LogP contribution in [-0.4, -0.2) is 19.7 Å². The van der Waals surface area contributed by atoms with Crippen molar-refractivity contribution in [3.05, 3.63) is 39.7 Å². The standard InChI is InChI=1S/C9H9ClN4O2/c1-2-6-12-13-7(16-6)5-14-4-3-11-8(10)9(14)15/h3-4H,2,5H2,1H3. The summed E-state index contributed by atoms with van der Waals surface area (Å²) in [6, 6.07) is 0. The Balaban J connectivity index is 2.27. The highest BCUT2D eigenvalue weighted by atomic mass is 35.5. The van der Waals surface area contributed by atoms with Gasteiger partial charge in [0.15, 0.2) is 5.15 Å². The molecule has 0 fully saturated rings. The van der Waals surface area contributed by atoms with E-state index in [-0.39, 0.29) is 17.3 Å². The van der Waals surface area contributed by atoms with Gasteiger partial charge in [-0.25, -0.2) is 4.98 Å². The summed E-state index contributed by atoms with van der Waals surface area (Å²) in [7, 11) is 0. The molecule has 0 unspecified atom stereocenters. The molecule has 2 aromatic rings. The number of rotatable bonds is 3. The van der Waals surface area contributed by atoms with Gasteiger partial charge in [0.25, 0.3) is 5.56 Å². The van der Waals surface area contributed by atoms with Gasteiger partial charge < -0.3 is 8.98 Å². The molecule has 0 N–H and O–H groups in total. The smallest absolute Gasteiger partial charge is 0.288 e. The van der Waals surface area contributed by atoms with E-state index >= 15 is 0 Å². The van der Waals surface area contributed by atoms with Crippen molar-refractivity contribution in [2.24, 2.45) is 0 Å². The quantitative estimate of drug-likeness (QED) is 0.797. The van der Waals surface area contributed by atoms with Gasteiger partial charge in [-0.15, -0.1) is 10.2 Å². The molecule has 0 aliphatic carbocycles. The summed E-state index contributed by atoms with van der Waals surface area (Å²) in [5.41, 5.74) is -0.375. The van der Waals surface area contributed by atoms with Crippen LogP contribution in [0.1, 0.15) is 18.7 Å². The van der Waals surface area contributed by atoms with Crippen LogP contribution in [0.5, 0.6) is 0 Å². The third-order valence-electron chi connectivity index (χ3n) is 1.99. The van der Waals surface area contributed by atoms with E-state index in [1.165, 1.54) is 17.0 Å². The lowest BCUT2D eigenvalue weighted by molar-refractivity contribution is 0.439. The minimum Gasteiger partial charge on any atom is -0.423 e. The number of hydrogen-bond acceptors (Lipinski definition) is 5. The van der Waals surface area contributed by atoms with E-state index in [2.05, 4.69) is 15.2 Å². The van der Waals surface area contributed by atoms with E-state index < -0.39 is 0 Å². The Morgan fingerprint density at radius 1 is 1.44 bits per heavy atom. The molecule has 16 heavy (non-hydrogen) atoms. The third-order valence-corrected chi connectivity index (χ3v) is 2.25. The third kappa shape index (κ3) is 2.11. The number of aryl methyl sites for hydroxylation is 1. The van der Waals surface area contributed by atoms with E-state index in [4.69, 9.17) is 16.0 Å². The molecule has 2 heterocycles. The fourth-order valence-corrected chi connectivity index (χ4v) is 1.35. The van der Waals surface area contributed by atoms with Gasteiger partial charge in [-0.1, -0.05) is 18.5 Å². The summed E-state index contributed by atoms with van der Waals surface area (Å²) in [5.74, 6) is 0.921. The van der Waals surface area contributed by atoms with Gasteiger partial charge in [0.05, 0.1) is 0 Å². The van der Waals surface area contributed by atoms with Crippen LogP contribution in [-0.2, 0) is 13.0 Å². The Labute approximate surface area is 95.9 Å². The fraction of sp³-hybridized carbons (Fsp3) is 0.333. The van der Waals surface area contributed by atoms with E-state index in [9.17, 15) is 4.79 Å². The summed E-state index contributed by atoms with van der Waals surface area (Å²) in [6.45, 7) is 2.11. The monoisotopic (exact) mass is 240 g/mol. The van der Waals surface area contributed by atoms with Crippen LogP contribution in [0.3, 0.4) is 0 Å². The Bertz CT molecular complexity index is 548. The van der Waals surface area contributed by atoms with Gasteiger partial charge in [-0.3, -0.25) is 4.79 Å². The molecule has 2 rings (SSSR count). The second kappa shape index (κ2) is 4.44. The van der Waals surface area contributed by atoms with Crippen molar-refractivity contribution >= 4 is 11.6 Å². The molecule has 0 aliphatic rings. The first-order valence-corrected chi connectivity index (χ1v) is 5.10. The number of hydrogen-bond donors (Lipinski definition) is 0. The van der Waals surface area contributed by atoms with Crippen LogP contribution < -0.4 is 5.56 Å². The predicted molar refractivity (Wildman–Crippen MR) is 56.3 cm³/mol. The minimum atomic E-state index is -0.375. The van der Waals surface area contributed by atoms with E-state index in [1.807, 2.05) is 6.92 Å². The SMILES string of the molecule is CCc1nnc(Cn2ccnc(Cl)c2=O)o1. The van der Waals surface area contributed by atoms with Crippen molar-refractivity contribution in [1.82, 2.24) is 19.7 Å². The van der Waals surface area contributed by atoms with Gasteiger partial charge in [0.1, 0.15) is 6.54 Å². The largest absolute Gasteiger partial charge is 0.423 e. The van der Waals surface area contributed by atoms with Gasteiger partial charge in [0, 0.05) is 18.8 Å². The summed E-state index contributed by atoms with van der Waals surface area (Å²) < 4.78 is 6.65. The Morgan fingerprint density at radius 3 is 2.88 bits per heavy atom. The van der Waals surface area contributed by atoms with Gasteiger partial charge in [-0.2, -0.15) is 0 Å². The molecule has 0 bridgehead atoms. The normalized spacial score (nSPS) is 10.6. The average molecular weight is 241 g/mol. The lowest BCUT2D eigenvalue weighted by Gasteiger charge is -2.00. The predicted octanol–water partition coefficient (Wildman–Crippen LogP) is 0.890. The highest BCUT2D eigenvalue weighted by Crippen LogP contribution is 2.02. The lowest BCUT2D eigenvalue weighted by Crippen LogP contribution is -2.21. The molecule has 0 spiro atoms. The first kappa shape index (κ1) is 10.8. The molecule has 0 aliphatic heterocycles. The van der Waals surface area contributed by atoms with E-state index in [0.29, 0.717) is 18.2 Å². The van der Waals surface area contributed by atoms with Gasteiger partial charge in [0.2, 0.25) is 11.8 Å². The topological polar surface area (TPSA) is 73.8 Å². The summed E-state index contributed by atoms with van der Waals surface area (Å²) in [5, 5.41) is 7.54. The molecular weight excluding hydrogens is 232 g/mol. The zero-order chi connectivity index (χ0) is 11.5. The zero-order valence-corrected chi connectivity index (χ0v) is 9.31. The number of aromatic nitrogens is 4. The Kier molecular flexibility index (Phi) is 3.00. The van der Waals surface area contributed by atoms with Gasteiger partial charge >= 0.3 is 0 Å². The highest BCUT2D eigenvalue weighted by Gasteiger charge is 2.07. The van der Waals surface area contributed by atoms with Crippen LogP contribution in [0, 0.1) is 0 Å². The maximum Gasteiger partial charge on any atom is 0.288 e. The molecule has 0 aromatic carbocycles. The molecule has 7 heteroatoms. The van der Waals surface area contributed by atoms with Crippen molar-refractivity contribution in [3.63, 3.8) is 0 Å². The molecule has 84 valence electrons. The van der Waals surface area contributed by atoms with Crippen molar-refractivity contribution in [1.29, 1.82) is 0 Å². The molecule has 0 atom stereocenters. The average Bonchev–Trinajstić information content (AvgIpc) is 2.73. The molecule has 6 nitrogen and oxygen atoms in total. The molecule has 0 amide bonds. The van der Waals surface area contributed by atoms with Crippen LogP contribution in [0.15, 0.2) is 21.6 Å². The van der Waals surface area contributed by atoms with E-state index in [0.717, 1.165) is 0 Å². The van der Waals surface area contributed by atoms with Crippen LogP contribution in [0.25, 0.3) is 0 Å². The van der Waals surface area contributed by atoms with Crippen molar-refractivity contribution in [2.75, 3.05) is 0 Å². The summed E-state index contributed by atoms with van der Waals surface area (Å²) >= 11 is 5.60.